The molecule has 3 aromatic rings. The Morgan fingerprint density at radius 3 is 2.82 bits per heavy atom. The van der Waals surface area contributed by atoms with Gasteiger partial charge in [-0.2, -0.15) is 5.10 Å². The highest BCUT2D eigenvalue weighted by Crippen LogP contribution is 2.39. The van der Waals surface area contributed by atoms with E-state index in [-0.39, 0.29) is 17.8 Å². The number of hydrogen-bond acceptors (Lipinski definition) is 5. The summed E-state index contributed by atoms with van der Waals surface area (Å²) in [5.41, 5.74) is 3.43. The molecule has 1 atom stereocenters. The van der Waals surface area contributed by atoms with Gasteiger partial charge in [0.25, 0.3) is 5.91 Å². The van der Waals surface area contributed by atoms with Crippen molar-refractivity contribution in [2.75, 3.05) is 6.54 Å². The molecule has 1 aliphatic rings. The van der Waals surface area contributed by atoms with Crippen molar-refractivity contribution in [3.05, 3.63) is 59.7 Å². The number of aromatic nitrogens is 4. The van der Waals surface area contributed by atoms with Crippen LogP contribution in [-0.2, 0) is 19.9 Å². The quantitative estimate of drug-likeness (QED) is 0.733. The lowest BCUT2D eigenvalue weighted by Gasteiger charge is -2.13. The minimum Gasteiger partial charge on any atom is -0.487 e. The summed E-state index contributed by atoms with van der Waals surface area (Å²) in [4.78, 5) is 20.4. The number of carbonyl (C=O) groups excluding carboxylic acids is 1. The van der Waals surface area contributed by atoms with Crippen LogP contribution in [-0.4, -0.2) is 38.3 Å². The van der Waals surface area contributed by atoms with Crippen molar-refractivity contribution in [1.29, 1.82) is 0 Å². The lowest BCUT2D eigenvalue weighted by atomic mass is 10.0. The molecule has 0 spiro atoms. The second-order valence-corrected chi connectivity index (χ2v) is 6.72. The van der Waals surface area contributed by atoms with Gasteiger partial charge < -0.3 is 10.1 Å². The number of amides is 1. The number of benzene rings is 1. The molecule has 1 amide bonds. The molecule has 3 heterocycles. The van der Waals surface area contributed by atoms with Crippen molar-refractivity contribution in [3.8, 4) is 16.9 Å². The third-order valence-corrected chi connectivity index (χ3v) is 4.75. The van der Waals surface area contributed by atoms with Crippen molar-refractivity contribution in [2.45, 2.75) is 25.9 Å². The number of nitrogens with zero attached hydrogens (tertiary/aromatic N) is 4. The Morgan fingerprint density at radius 2 is 2.11 bits per heavy atom. The maximum atomic E-state index is 14.1. The Balaban J connectivity index is 1.48. The highest BCUT2D eigenvalue weighted by molar-refractivity contribution is 5.92. The first-order chi connectivity index (χ1) is 13.5. The molecule has 0 saturated carbocycles. The van der Waals surface area contributed by atoms with Gasteiger partial charge in [-0.15, -0.1) is 0 Å². The van der Waals surface area contributed by atoms with Crippen LogP contribution >= 0.6 is 0 Å². The van der Waals surface area contributed by atoms with E-state index in [1.807, 2.05) is 6.92 Å². The van der Waals surface area contributed by atoms with Crippen molar-refractivity contribution in [3.63, 3.8) is 0 Å². The van der Waals surface area contributed by atoms with Gasteiger partial charge >= 0.3 is 0 Å². The fourth-order valence-corrected chi connectivity index (χ4v) is 3.37. The zero-order valence-electron chi connectivity index (χ0n) is 15.6. The van der Waals surface area contributed by atoms with Gasteiger partial charge in [0.2, 0.25) is 0 Å². The molecule has 28 heavy (non-hydrogen) atoms. The van der Waals surface area contributed by atoms with Gasteiger partial charge in [0.1, 0.15) is 29.7 Å². The minimum absolute atomic E-state index is 0.211. The third kappa shape index (κ3) is 3.45. The van der Waals surface area contributed by atoms with Crippen LogP contribution in [0.2, 0.25) is 0 Å². The Bertz CT molecular complexity index is 1020. The fourth-order valence-electron chi connectivity index (χ4n) is 3.37. The average Bonchev–Trinajstić information content (AvgIpc) is 3.29. The number of hydrogen-bond donors (Lipinski definition) is 1. The first-order valence-corrected chi connectivity index (χ1v) is 9.10. The summed E-state index contributed by atoms with van der Waals surface area (Å²) in [6.45, 7) is 2.30. The molecule has 7 nitrogen and oxygen atoms in total. The summed E-state index contributed by atoms with van der Waals surface area (Å²) in [6.07, 6.45) is 5.66. The topological polar surface area (TPSA) is 81.9 Å². The van der Waals surface area contributed by atoms with Crippen LogP contribution < -0.4 is 10.1 Å². The molecule has 0 aliphatic carbocycles. The Hall–Kier alpha value is -3.29. The molecule has 1 unspecified atom stereocenters. The standard InChI is InChI=1S/C20H20FN5O2/c1-3-15-7-18(26(2)25-15)20(27)24-10-16-5-12-4-14(21)6-17(19(12)28-16)13-8-22-11-23-9-13/h4,6-9,11,16H,3,5,10H2,1-2H3,(H,24,27). The maximum absolute atomic E-state index is 14.1. The molecule has 1 N–H and O–H groups in total. The van der Waals surface area contributed by atoms with Gasteiger partial charge in [0, 0.05) is 42.6 Å². The van der Waals surface area contributed by atoms with Crippen molar-refractivity contribution in [2.24, 2.45) is 7.05 Å². The zero-order valence-corrected chi connectivity index (χ0v) is 15.6. The lowest BCUT2D eigenvalue weighted by Crippen LogP contribution is -2.35. The molecule has 0 fully saturated rings. The predicted octanol–water partition coefficient (Wildman–Crippen LogP) is 2.31. The number of carbonyl (C=O) groups is 1. The number of aryl methyl sites for hydroxylation is 2. The molecule has 144 valence electrons. The smallest absolute Gasteiger partial charge is 0.269 e. The molecule has 8 heteroatoms. The second kappa shape index (κ2) is 7.38. The number of rotatable bonds is 5. The summed E-state index contributed by atoms with van der Waals surface area (Å²) >= 11 is 0. The summed E-state index contributed by atoms with van der Waals surface area (Å²) in [7, 11) is 1.74. The van der Waals surface area contributed by atoms with Crippen LogP contribution in [0.4, 0.5) is 4.39 Å². The van der Waals surface area contributed by atoms with Gasteiger partial charge in [0.15, 0.2) is 0 Å². The Morgan fingerprint density at radius 1 is 1.32 bits per heavy atom. The van der Waals surface area contributed by atoms with E-state index in [4.69, 9.17) is 4.74 Å². The highest BCUT2D eigenvalue weighted by atomic mass is 19.1. The van der Waals surface area contributed by atoms with E-state index >= 15 is 0 Å². The van der Waals surface area contributed by atoms with E-state index in [0.717, 1.165) is 17.7 Å². The average molecular weight is 381 g/mol. The number of halogens is 1. The highest BCUT2D eigenvalue weighted by Gasteiger charge is 2.28. The molecule has 0 saturated heterocycles. The maximum Gasteiger partial charge on any atom is 0.269 e. The summed E-state index contributed by atoms with van der Waals surface area (Å²) < 4.78 is 21.7. The third-order valence-electron chi connectivity index (χ3n) is 4.75. The van der Waals surface area contributed by atoms with Crippen LogP contribution in [0.3, 0.4) is 0 Å². The van der Waals surface area contributed by atoms with E-state index < -0.39 is 0 Å². The Kier molecular flexibility index (Phi) is 4.77. The number of fused-ring (bicyclic) bond motifs is 1. The van der Waals surface area contributed by atoms with E-state index in [2.05, 4.69) is 20.4 Å². The van der Waals surface area contributed by atoms with Crippen molar-refractivity contribution in [1.82, 2.24) is 25.1 Å². The lowest BCUT2D eigenvalue weighted by molar-refractivity contribution is 0.0924. The van der Waals surface area contributed by atoms with Crippen LogP contribution in [0.15, 0.2) is 36.9 Å². The van der Waals surface area contributed by atoms with Crippen molar-refractivity contribution >= 4 is 5.91 Å². The zero-order chi connectivity index (χ0) is 19.7. The molecule has 1 aromatic carbocycles. The molecule has 0 bridgehead atoms. The SMILES string of the molecule is CCc1cc(C(=O)NCC2Cc3cc(F)cc(-c4cncnc4)c3O2)n(C)n1. The summed E-state index contributed by atoms with van der Waals surface area (Å²) in [5.74, 6) is 0.0641. The van der Waals surface area contributed by atoms with E-state index in [1.165, 1.54) is 18.5 Å². The van der Waals surface area contributed by atoms with Crippen LogP contribution in [0, 0.1) is 5.82 Å². The molecule has 2 aromatic heterocycles. The van der Waals surface area contributed by atoms with Crippen molar-refractivity contribution < 1.29 is 13.9 Å². The normalized spacial score (nSPS) is 15.2. The minimum atomic E-state index is -0.340. The van der Waals surface area contributed by atoms with Crippen LogP contribution in [0.5, 0.6) is 5.75 Å². The van der Waals surface area contributed by atoms with Gasteiger partial charge in [-0.25, -0.2) is 14.4 Å². The summed E-state index contributed by atoms with van der Waals surface area (Å²) in [5, 5.41) is 7.17. The fraction of sp³-hybridized carbons (Fsp3) is 0.300. The molecular formula is C20H20FN5O2. The van der Waals surface area contributed by atoms with Gasteiger partial charge in [-0.1, -0.05) is 6.92 Å². The van der Waals surface area contributed by atoms with Gasteiger partial charge in [-0.3, -0.25) is 9.48 Å². The van der Waals surface area contributed by atoms with E-state index in [9.17, 15) is 9.18 Å². The molecule has 4 rings (SSSR count). The van der Waals surface area contributed by atoms with Gasteiger partial charge in [-0.05, 0) is 24.6 Å². The van der Waals surface area contributed by atoms with Gasteiger partial charge in [0.05, 0.1) is 12.2 Å². The second-order valence-electron chi connectivity index (χ2n) is 6.72. The predicted molar refractivity (Wildman–Crippen MR) is 100 cm³/mol. The molecule has 0 radical (unpaired) electrons. The Labute approximate surface area is 161 Å². The molecule has 1 aliphatic heterocycles. The number of ether oxygens (including phenoxy) is 1. The summed E-state index contributed by atoms with van der Waals surface area (Å²) in [6, 6.07) is 4.67. The monoisotopic (exact) mass is 381 g/mol. The first-order valence-electron chi connectivity index (χ1n) is 9.10. The van der Waals surface area contributed by atoms with Crippen LogP contribution in [0.25, 0.3) is 11.1 Å². The first kappa shape index (κ1) is 18.1. The van der Waals surface area contributed by atoms with E-state index in [0.29, 0.717) is 35.5 Å². The van der Waals surface area contributed by atoms with E-state index in [1.54, 1.807) is 30.2 Å². The molecular weight excluding hydrogens is 361 g/mol. The largest absolute Gasteiger partial charge is 0.487 e. The van der Waals surface area contributed by atoms with Crippen LogP contribution in [0.1, 0.15) is 28.7 Å². The number of nitrogens with one attached hydrogen (secondary N) is 1.